The van der Waals surface area contributed by atoms with E-state index in [0.29, 0.717) is 12.5 Å². The van der Waals surface area contributed by atoms with E-state index in [2.05, 4.69) is 27.6 Å². The van der Waals surface area contributed by atoms with E-state index in [-0.39, 0.29) is 11.5 Å². The Morgan fingerprint density at radius 3 is 2.37 bits per heavy atom. The zero-order valence-corrected chi connectivity index (χ0v) is 12.1. The van der Waals surface area contributed by atoms with Crippen LogP contribution in [0.25, 0.3) is 0 Å². The predicted octanol–water partition coefficient (Wildman–Crippen LogP) is 4.78. The van der Waals surface area contributed by atoms with Gasteiger partial charge in [-0.3, -0.25) is 0 Å². The molecule has 0 aromatic heterocycles. The molecular weight excluding hydrogens is 325 g/mol. The van der Waals surface area contributed by atoms with Gasteiger partial charge in [-0.05, 0) is 30.9 Å². The quantitative estimate of drug-likeness (QED) is 0.665. The Bertz CT molecular complexity index is 382. The maximum atomic E-state index is 12.2. The highest BCUT2D eigenvalue weighted by Gasteiger charge is 2.32. The molecule has 0 fully saturated rings. The molecule has 0 aliphatic rings. The molecule has 0 radical (unpaired) electrons. The molecular formula is C13H16BrF3O2. The molecule has 0 N–H and O–H groups in total. The summed E-state index contributed by atoms with van der Waals surface area (Å²) in [4.78, 5) is 0. The summed E-state index contributed by atoms with van der Waals surface area (Å²) in [5.74, 6) is 0.268. The molecule has 1 aromatic rings. The van der Waals surface area contributed by atoms with E-state index in [1.165, 1.54) is 18.2 Å². The van der Waals surface area contributed by atoms with Crippen LogP contribution in [0.15, 0.2) is 24.3 Å². The van der Waals surface area contributed by atoms with Crippen LogP contribution in [0.5, 0.6) is 11.5 Å². The fraction of sp³-hybridized carbons (Fsp3) is 0.538. The third-order valence-corrected chi connectivity index (χ3v) is 3.00. The lowest BCUT2D eigenvalue weighted by molar-refractivity contribution is -0.275. The molecule has 0 saturated carbocycles. The van der Waals surface area contributed by atoms with Gasteiger partial charge in [0.1, 0.15) is 0 Å². The zero-order chi connectivity index (χ0) is 14.3. The summed E-state index contributed by atoms with van der Waals surface area (Å²) in [7, 11) is 0. The highest BCUT2D eigenvalue weighted by Crippen LogP contribution is 2.31. The molecule has 1 aromatic carbocycles. The van der Waals surface area contributed by atoms with Crippen molar-refractivity contribution in [1.29, 1.82) is 0 Å². The van der Waals surface area contributed by atoms with Crippen LogP contribution in [0.4, 0.5) is 13.2 Å². The SMILES string of the molecule is CC(CCBr)CCOc1ccccc1OC(F)(F)F. The first-order valence-electron chi connectivity index (χ1n) is 5.96. The van der Waals surface area contributed by atoms with Crippen LogP contribution in [0.1, 0.15) is 19.8 Å². The van der Waals surface area contributed by atoms with E-state index < -0.39 is 6.36 Å². The van der Waals surface area contributed by atoms with Gasteiger partial charge in [-0.25, -0.2) is 0 Å². The Morgan fingerprint density at radius 1 is 1.16 bits per heavy atom. The summed E-state index contributed by atoms with van der Waals surface area (Å²) in [6, 6.07) is 5.79. The van der Waals surface area contributed by atoms with Gasteiger partial charge in [-0.2, -0.15) is 0 Å². The monoisotopic (exact) mass is 340 g/mol. The second-order valence-corrected chi connectivity index (χ2v) is 5.01. The lowest BCUT2D eigenvalue weighted by atomic mass is 10.1. The number of halogens is 4. The average Bonchev–Trinajstić information content (AvgIpc) is 2.30. The van der Waals surface area contributed by atoms with Crippen molar-refractivity contribution in [3.63, 3.8) is 0 Å². The topological polar surface area (TPSA) is 18.5 Å². The summed E-state index contributed by atoms with van der Waals surface area (Å²) in [5.41, 5.74) is 0. The van der Waals surface area contributed by atoms with Crippen LogP contribution in [0.3, 0.4) is 0 Å². The number of hydrogen-bond donors (Lipinski definition) is 0. The Morgan fingerprint density at radius 2 is 1.79 bits per heavy atom. The van der Waals surface area contributed by atoms with E-state index >= 15 is 0 Å². The molecule has 0 heterocycles. The highest BCUT2D eigenvalue weighted by atomic mass is 79.9. The van der Waals surface area contributed by atoms with E-state index in [9.17, 15) is 13.2 Å². The van der Waals surface area contributed by atoms with Gasteiger partial charge in [-0.1, -0.05) is 35.0 Å². The number of alkyl halides is 4. The molecule has 108 valence electrons. The Balaban J connectivity index is 2.53. The number of benzene rings is 1. The minimum Gasteiger partial charge on any atom is -0.490 e. The fourth-order valence-corrected chi connectivity index (χ4v) is 2.26. The van der Waals surface area contributed by atoms with Crippen molar-refractivity contribution in [2.45, 2.75) is 26.1 Å². The molecule has 1 atom stereocenters. The second kappa shape index (κ2) is 7.62. The number of hydrogen-bond acceptors (Lipinski definition) is 2. The number of rotatable bonds is 7. The normalized spacial score (nSPS) is 13.1. The summed E-state index contributed by atoms with van der Waals surface area (Å²) < 4.78 is 45.8. The van der Waals surface area contributed by atoms with Gasteiger partial charge >= 0.3 is 6.36 Å². The molecule has 0 aliphatic carbocycles. The molecule has 0 aliphatic heterocycles. The van der Waals surface area contributed by atoms with Gasteiger partial charge in [0.05, 0.1) is 6.61 Å². The third kappa shape index (κ3) is 6.71. The molecule has 19 heavy (non-hydrogen) atoms. The van der Waals surface area contributed by atoms with Crippen LogP contribution in [0, 0.1) is 5.92 Å². The maximum Gasteiger partial charge on any atom is 0.573 e. The highest BCUT2D eigenvalue weighted by molar-refractivity contribution is 9.09. The molecule has 0 saturated heterocycles. The Labute approximate surface area is 119 Å². The summed E-state index contributed by atoms with van der Waals surface area (Å²) >= 11 is 3.35. The third-order valence-electron chi connectivity index (χ3n) is 2.54. The van der Waals surface area contributed by atoms with E-state index in [1.807, 2.05) is 0 Å². The van der Waals surface area contributed by atoms with Crippen molar-refractivity contribution in [2.24, 2.45) is 5.92 Å². The first-order chi connectivity index (χ1) is 8.92. The predicted molar refractivity (Wildman–Crippen MR) is 70.8 cm³/mol. The van der Waals surface area contributed by atoms with Crippen molar-refractivity contribution in [2.75, 3.05) is 11.9 Å². The van der Waals surface area contributed by atoms with E-state index in [0.717, 1.165) is 18.2 Å². The van der Waals surface area contributed by atoms with Crippen LogP contribution in [-0.4, -0.2) is 18.3 Å². The standard InChI is InChI=1S/C13H16BrF3O2/c1-10(6-8-14)7-9-18-11-4-2-3-5-12(11)19-13(15,16)17/h2-5,10H,6-9H2,1H3. The summed E-state index contributed by atoms with van der Waals surface area (Å²) in [6.07, 6.45) is -2.92. The average molecular weight is 341 g/mol. The second-order valence-electron chi connectivity index (χ2n) is 4.21. The molecule has 0 spiro atoms. The van der Waals surface area contributed by atoms with E-state index in [1.54, 1.807) is 6.07 Å². The number of ether oxygens (including phenoxy) is 2. The molecule has 6 heteroatoms. The lowest BCUT2D eigenvalue weighted by Gasteiger charge is -2.15. The number of para-hydroxylation sites is 2. The van der Waals surface area contributed by atoms with Gasteiger partial charge in [0, 0.05) is 5.33 Å². The van der Waals surface area contributed by atoms with Crippen LogP contribution < -0.4 is 9.47 Å². The minimum absolute atomic E-state index is 0.117. The molecule has 0 bridgehead atoms. The van der Waals surface area contributed by atoms with Crippen LogP contribution in [0.2, 0.25) is 0 Å². The van der Waals surface area contributed by atoms with Crippen molar-refractivity contribution in [3.05, 3.63) is 24.3 Å². The molecule has 1 unspecified atom stereocenters. The molecule has 0 amide bonds. The van der Waals surface area contributed by atoms with Crippen molar-refractivity contribution < 1.29 is 22.6 Å². The van der Waals surface area contributed by atoms with Crippen molar-refractivity contribution >= 4 is 15.9 Å². The Kier molecular flexibility index (Phi) is 6.48. The van der Waals surface area contributed by atoms with Gasteiger partial charge in [0.15, 0.2) is 11.5 Å². The van der Waals surface area contributed by atoms with Gasteiger partial charge in [0.25, 0.3) is 0 Å². The Hall–Kier alpha value is -0.910. The largest absolute Gasteiger partial charge is 0.573 e. The summed E-state index contributed by atoms with van der Waals surface area (Å²) in [5, 5.41) is 0.905. The first kappa shape index (κ1) is 16.1. The molecule has 2 nitrogen and oxygen atoms in total. The van der Waals surface area contributed by atoms with Gasteiger partial charge in [-0.15, -0.1) is 13.2 Å². The molecule has 1 rings (SSSR count). The van der Waals surface area contributed by atoms with Crippen molar-refractivity contribution in [1.82, 2.24) is 0 Å². The van der Waals surface area contributed by atoms with Crippen LogP contribution >= 0.6 is 15.9 Å². The van der Waals surface area contributed by atoms with Gasteiger partial charge < -0.3 is 9.47 Å². The minimum atomic E-state index is -4.71. The lowest BCUT2D eigenvalue weighted by Crippen LogP contribution is -2.18. The van der Waals surface area contributed by atoms with Crippen LogP contribution in [-0.2, 0) is 0 Å². The maximum absolute atomic E-state index is 12.2. The van der Waals surface area contributed by atoms with Crippen molar-refractivity contribution in [3.8, 4) is 11.5 Å². The fourth-order valence-electron chi connectivity index (χ4n) is 1.48. The smallest absolute Gasteiger partial charge is 0.490 e. The van der Waals surface area contributed by atoms with E-state index in [4.69, 9.17) is 4.74 Å². The first-order valence-corrected chi connectivity index (χ1v) is 7.08. The summed E-state index contributed by atoms with van der Waals surface area (Å²) in [6.45, 7) is 2.44. The van der Waals surface area contributed by atoms with Gasteiger partial charge in [0.2, 0.25) is 0 Å². The zero-order valence-electron chi connectivity index (χ0n) is 10.5.